The van der Waals surface area contributed by atoms with Crippen LogP contribution in [0.1, 0.15) is 117 Å². The van der Waals surface area contributed by atoms with Crippen LogP contribution in [0.25, 0.3) is 11.1 Å². The predicted molar refractivity (Wildman–Crippen MR) is 209 cm³/mol. The summed E-state index contributed by atoms with van der Waals surface area (Å²) in [6.07, 6.45) is 12.8. The molecule has 4 aromatic carbocycles. The number of benzene rings is 4. The van der Waals surface area contributed by atoms with Crippen molar-refractivity contribution in [2.75, 3.05) is 4.90 Å². The Kier molecular flexibility index (Phi) is 12.5. The zero-order chi connectivity index (χ0) is 33.4. The molecule has 0 radical (unpaired) electrons. The molecular formula is C45H58BrN. The lowest BCUT2D eigenvalue weighted by atomic mass is 9.68. The van der Waals surface area contributed by atoms with Crippen LogP contribution in [0.15, 0.2) is 102 Å². The summed E-state index contributed by atoms with van der Waals surface area (Å²) < 4.78 is 1.19. The highest BCUT2D eigenvalue weighted by Gasteiger charge is 2.45. The number of rotatable bonds is 17. The van der Waals surface area contributed by atoms with Gasteiger partial charge in [0, 0.05) is 21.3 Å². The van der Waals surface area contributed by atoms with E-state index in [1.807, 2.05) is 0 Å². The second kappa shape index (κ2) is 16.5. The number of anilines is 3. The Hall–Kier alpha value is -2.84. The van der Waals surface area contributed by atoms with E-state index in [9.17, 15) is 0 Å². The molecule has 0 amide bonds. The third kappa shape index (κ3) is 8.61. The average molecular weight is 693 g/mol. The van der Waals surface area contributed by atoms with Gasteiger partial charge >= 0.3 is 0 Å². The Morgan fingerprint density at radius 3 is 1.60 bits per heavy atom. The van der Waals surface area contributed by atoms with Gasteiger partial charge in [-0.05, 0) is 114 Å². The first-order valence-corrected chi connectivity index (χ1v) is 19.3. The summed E-state index contributed by atoms with van der Waals surface area (Å²) in [6, 6.07) is 36.2. The summed E-state index contributed by atoms with van der Waals surface area (Å²) in [4.78, 5) is 2.52. The molecule has 1 aliphatic rings. The van der Waals surface area contributed by atoms with Crippen molar-refractivity contribution in [1.82, 2.24) is 0 Å². The maximum Gasteiger partial charge on any atom is 0.0508 e. The summed E-state index contributed by atoms with van der Waals surface area (Å²) >= 11 is 3.93. The number of hydrogen-bond donors (Lipinski definition) is 0. The largest absolute Gasteiger partial charge is 0.310 e. The highest BCUT2D eigenvalue weighted by Crippen LogP contribution is 2.59. The Bertz CT molecular complexity index is 1480. The van der Waals surface area contributed by atoms with Crippen molar-refractivity contribution in [3.05, 3.63) is 113 Å². The van der Waals surface area contributed by atoms with E-state index in [0.717, 1.165) is 11.8 Å². The number of hydrogen-bond acceptors (Lipinski definition) is 1. The standard InChI is InChI=1S/C45H58BrN/c1-33(2)16-13-18-35(5)28-30-45(31-29-36(6)19-14-17-34(3)4)42-32-37(46)26-27-40(42)41-24-15-25-43(44(41)45)47(38-20-9-7-10-21-38)39-22-11-8-12-23-39/h7-12,15,20-27,32-36H,13-14,16-19,28-31H2,1-6H3/t35-,36+,45?. The summed E-state index contributed by atoms with van der Waals surface area (Å²) in [5, 5.41) is 0. The molecule has 3 atom stereocenters. The number of para-hydroxylation sites is 2. The SMILES string of the molecule is CC(C)CCC[C@@H](C)CCC1(CC[C@@H](C)CCCC(C)C)c2cc(Br)ccc2-c2cccc(N(c3ccccc3)c3ccccc3)c21. The van der Waals surface area contributed by atoms with Gasteiger partial charge in [-0.3, -0.25) is 0 Å². The van der Waals surface area contributed by atoms with E-state index in [0.29, 0.717) is 11.8 Å². The molecule has 1 nitrogen and oxygen atoms in total. The van der Waals surface area contributed by atoms with Crippen molar-refractivity contribution in [1.29, 1.82) is 0 Å². The van der Waals surface area contributed by atoms with Crippen LogP contribution in [0, 0.1) is 23.7 Å². The molecule has 2 heteroatoms. The smallest absolute Gasteiger partial charge is 0.0508 e. The lowest BCUT2D eigenvalue weighted by Gasteiger charge is -2.38. The molecule has 0 aliphatic heterocycles. The van der Waals surface area contributed by atoms with Crippen LogP contribution in [0.2, 0.25) is 0 Å². The van der Waals surface area contributed by atoms with Crippen molar-refractivity contribution < 1.29 is 0 Å². The minimum atomic E-state index is -0.0501. The Labute approximate surface area is 295 Å². The summed E-state index contributed by atoms with van der Waals surface area (Å²) in [7, 11) is 0. The van der Waals surface area contributed by atoms with E-state index in [1.54, 1.807) is 0 Å². The maximum atomic E-state index is 3.93. The van der Waals surface area contributed by atoms with Crippen LogP contribution in [-0.4, -0.2) is 0 Å². The molecular weight excluding hydrogens is 634 g/mol. The Morgan fingerprint density at radius 1 is 0.553 bits per heavy atom. The van der Waals surface area contributed by atoms with Crippen LogP contribution in [0.5, 0.6) is 0 Å². The van der Waals surface area contributed by atoms with Crippen molar-refractivity contribution >= 4 is 33.0 Å². The quantitative estimate of drug-likeness (QED) is 0.106. The zero-order valence-corrected chi connectivity index (χ0v) is 31.5. The van der Waals surface area contributed by atoms with Gasteiger partial charge in [-0.1, -0.05) is 151 Å². The van der Waals surface area contributed by atoms with Gasteiger partial charge in [0.05, 0.1) is 5.69 Å². The molecule has 4 aromatic rings. The molecule has 250 valence electrons. The van der Waals surface area contributed by atoms with E-state index >= 15 is 0 Å². The lowest BCUT2D eigenvalue weighted by molar-refractivity contribution is 0.328. The number of halogens is 1. The minimum absolute atomic E-state index is 0.0501. The highest BCUT2D eigenvalue weighted by molar-refractivity contribution is 9.10. The van der Waals surface area contributed by atoms with Crippen molar-refractivity contribution in [2.24, 2.45) is 23.7 Å². The second-order valence-electron chi connectivity index (χ2n) is 15.4. The first-order chi connectivity index (χ1) is 22.7. The molecule has 0 aromatic heterocycles. The minimum Gasteiger partial charge on any atom is -0.310 e. The van der Waals surface area contributed by atoms with Gasteiger partial charge in [0.25, 0.3) is 0 Å². The molecule has 47 heavy (non-hydrogen) atoms. The van der Waals surface area contributed by atoms with Crippen LogP contribution in [-0.2, 0) is 5.41 Å². The number of fused-ring (bicyclic) bond motifs is 3. The fourth-order valence-corrected chi connectivity index (χ4v) is 8.35. The predicted octanol–water partition coefficient (Wildman–Crippen LogP) is 14.7. The van der Waals surface area contributed by atoms with Gasteiger partial charge < -0.3 is 4.90 Å². The topological polar surface area (TPSA) is 3.24 Å². The molecule has 0 saturated carbocycles. The first kappa shape index (κ1) is 35.5. The van der Waals surface area contributed by atoms with Gasteiger partial charge in [-0.15, -0.1) is 0 Å². The fraction of sp³-hybridized carbons (Fsp3) is 0.467. The van der Waals surface area contributed by atoms with E-state index in [4.69, 9.17) is 0 Å². The first-order valence-electron chi connectivity index (χ1n) is 18.5. The molecule has 0 fully saturated rings. The van der Waals surface area contributed by atoms with Crippen LogP contribution in [0.3, 0.4) is 0 Å². The van der Waals surface area contributed by atoms with E-state index in [2.05, 4.69) is 159 Å². The van der Waals surface area contributed by atoms with E-state index in [1.165, 1.54) is 108 Å². The normalized spacial score (nSPS) is 16.7. The average Bonchev–Trinajstić information content (AvgIpc) is 3.33. The van der Waals surface area contributed by atoms with Crippen molar-refractivity contribution in [3.8, 4) is 11.1 Å². The summed E-state index contributed by atoms with van der Waals surface area (Å²) in [5.74, 6) is 2.97. The summed E-state index contributed by atoms with van der Waals surface area (Å²) in [6.45, 7) is 14.5. The fourth-order valence-electron chi connectivity index (χ4n) is 7.98. The van der Waals surface area contributed by atoms with Gasteiger partial charge in [0.1, 0.15) is 0 Å². The van der Waals surface area contributed by atoms with Crippen molar-refractivity contribution in [2.45, 2.75) is 111 Å². The molecule has 0 saturated heterocycles. The summed E-state index contributed by atoms with van der Waals surface area (Å²) in [5.41, 5.74) is 9.60. The molecule has 0 bridgehead atoms. The van der Waals surface area contributed by atoms with Crippen LogP contribution >= 0.6 is 15.9 Å². The zero-order valence-electron chi connectivity index (χ0n) is 29.9. The highest BCUT2D eigenvalue weighted by atomic mass is 79.9. The third-order valence-electron chi connectivity index (χ3n) is 10.7. The van der Waals surface area contributed by atoms with Crippen LogP contribution in [0.4, 0.5) is 17.1 Å². The second-order valence-corrected chi connectivity index (χ2v) is 16.3. The lowest BCUT2D eigenvalue weighted by Crippen LogP contribution is -2.29. The van der Waals surface area contributed by atoms with Crippen molar-refractivity contribution in [3.63, 3.8) is 0 Å². The molecule has 1 unspecified atom stereocenters. The van der Waals surface area contributed by atoms with E-state index < -0.39 is 0 Å². The third-order valence-corrected chi connectivity index (χ3v) is 11.2. The van der Waals surface area contributed by atoms with Gasteiger partial charge in [-0.25, -0.2) is 0 Å². The molecule has 0 heterocycles. The monoisotopic (exact) mass is 691 g/mol. The molecule has 5 rings (SSSR count). The molecule has 1 aliphatic carbocycles. The Morgan fingerprint density at radius 2 is 1.09 bits per heavy atom. The number of nitrogens with zero attached hydrogens (tertiary/aromatic N) is 1. The maximum absolute atomic E-state index is 3.93. The Balaban J connectivity index is 1.64. The van der Waals surface area contributed by atoms with Gasteiger partial charge in [-0.2, -0.15) is 0 Å². The van der Waals surface area contributed by atoms with Crippen LogP contribution < -0.4 is 4.90 Å². The van der Waals surface area contributed by atoms with E-state index in [-0.39, 0.29) is 5.41 Å². The van der Waals surface area contributed by atoms with Gasteiger partial charge in [0.15, 0.2) is 0 Å². The molecule has 0 spiro atoms. The molecule has 0 N–H and O–H groups in total. The van der Waals surface area contributed by atoms with Gasteiger partial charge in [0.2, 0.25) is 0 Å².